The Labute approximate surface area is 171 Å². The van der Waals surface area contributed by atoms with Gasteiger partial charge in [0, 0.05) is 4.88 Å². The minimum atomic E-state index is -0.368. The second-order valence-electron chi connectivity index (χ2n) is 7.21. The Morgan fingerprint density at radius 2 is 1.59 bits per heavy atom. The van der Waals surface area contributed by atoms with E-state index in [1.54, 1.807) is 31.2 Å². The molecule has 1 heterocycles. The number of nitrogens with zero attached hydrogens (tertiary/aromatic N) is 1. The van der Waals surface area contributed by atoms with Crippen molar-refractivity contribution < 1.29 is 13.6 Å². The lowest BCUT2D eigenvalue weighted by Crippen LogP contribution is -2.36. The predicted octanol–water partition coefficient (Wildman–Crippen LogP) is 4.68. The van der Waals surface area contributed by atoms with Crippen molar-refractivity contribution in [3.8, 4) is 11.3 Å². The van der Waals surface area contributed by atoms with Crippen LogP contribution in [0.5, 0.6) is 0 Å². The average Bonchev–Trinajstić information content (AvgIpc) is 2.94. The number of halogens is 2. The Hall–Kier alpha value is -2.80. The van der Waals surface area contributed by atoms with Crippen LogP contribution < -0.4 is 10.2 Å². The topological polar surface area (TPSA) is 51.1 Å². The van der Waals surface area contributed by atoms with Crippen LogP contribution in [0.3, 0.4) is 0 Å². The average molecular weight is 416 g/mol. The fourth-order valence-corrected chi connectivity index (χ4v) is 4.15. The van der Waals surface area contributed by atoms with Crippen LogP contribution in [0.1, 0.15) is 30.3 Å². The molecule has 1 aromatic heterocycles. The summed E-state index contributed by atoms with van der Waals surface area (Å²) in [6.07, 6.45) is 0. The molecule has 3 rings (SSSR count). The van der Waals surface area contributed by atoms with E-state index < -0.39 is 0 Å². The molecule has 1 amide bonds. The van der Waals surface area contributed by atoms with Crippen molar-refractivity contribution in [1.29, 1.82) is 0 Å². The molecule has 7 heteroatoms. The van der Waals surface area contributed by atoms with Crippen LogP contribution in [0.15, 0.2) is 53.3 Å². The molecule has 0 aliphatic heterocycles. The highest BCUT2D eigenvalue weighted by molar-refractivity contribution is 7.09. The summed E-state index contributed by atoms with van der Waals surface area (Å²) < 4.78 is 27.9. The quantitative estimate of drug-likeness (QED) is 0.635. The zero-order valence-electron chi connectivity index (χ0n) is 16.4. The number of nitrogens with one attached hydrogen (secondary N) is 1. The molecule has 0 aliphatic rings. The molecule has 0 saturated heterocycles. The summed E-state index contributed by atoms with van der Waals surface area (Å²) in [4.78, 5) is 25.7. The first kappa shape index (κ1) is 20.9. The second-order valence-corrected chi connectivity index (χ2v) is 8.37. The molecule has 0 aliphatic carbocycles. The van der Waals surface area contributed by atoms with E-state index in [9.17, 15) is 18.4 Å². The van der Waals surface area contributed by atoms with E-state index in [2.05, 4.69) is 5.32 Å². The summed E-state index contributed by atoms with van der Waals surface area (Å²) in [5.41, 5.74) is 2.08. The van der Waals surface area contributed by atoms with Crippen molar-refractivity contribution >= 4 is 17.2 Å². The Morgan fingerprint density at radius 3 is 2.14 bits per heavy atom. The maximum absolute atomic E-state index is 13.3. The smallest absolute Gasteiger partial charge is 0.308 e. The van der Waals surface area contributed by atoms with Crippen LogP contribution in [-0.4, -0.2) is 10.5 Å². The number of benzene rings is 2. The second kappa shape index (κ2) is 8.69. The molecule has 29 heavy (non-hydrogen) atoms. The van der Waals surface area contributed by atoms with Crippen molar-refractivity contribution in [3.05, 3.63) is 80.3 Å². The normalized spacial score (nSPS) is 12.2. The van der Waals surface area contributed by atoms with E-state index >= 15 is 0 Å². The van der Waals surface area contributed by atoms with Crippen LogP contribution in [0.2, 0.25) is 0 Å². The van der Waals surface area contributed by atoms with Crippen molar-refractivity contribution in [2.45, 2.75) is 33.4 Å². The standard InChI is InChI=1S/C22H22F2N2O2S/c1-13(2)20(15-4-8-17(23)9-5-15)25-19(27)12-26-21(14(3)29-22(26)28)16-6-10-18(24)11-7-16/h4-11,13,20H,12H2,1-3H3,(H,25,27). The molecule has 2 aromatic carbocycles. The highest BCUT2D eigenvalue weighted by atomic mass is 32.1. The van der Waals surface area contributed by atoms with Gasteiger partial charge in [0.2, 0.25) is 5.91 Å². The molecular formula is C22H22F2N2O2S. The number of rotatable bonds is 6. The molecule has 0 saturated carbocycles. The van der Waals surface area contributed by atoms with Gasteiger partial charge in [-0.15, -0.1) is 0 Å². The first-order valence-corrected chi connectivity index (χ1v) is 10.1. The van der Waals surface area contributed by atoms with E-state index in [4.69, 9.17) is 0 Å². The summed E-state index contributed by atoms with van der Waals surface area (Å²) in [5.74, 6) is -0.961. The highest BCUT2D eigenvalue weighted by Crippen LogP contribution is 2.26. The van der Waals surface area contributed by atoms with Gasteiger partial charge in [0.05, 0.1) is 11.7 Å². The van der Waals surface area contributed by atoms with Gasteiger partial charge in [-0.25, -0.2) is 8.78 Å². The molecule has 152 valence electrons. The van der Waals surface area contributed by atoms with Crippen molar-refractivity contribution in [2.24, 2.45) is 5.92 Å². The van der Waals surface area contributed by atoms with E-state index in [1.165, 1.54) is 28.8 Å². The van der Waals surface area contributed by atoms with Crippen LogP contribution in [0, 0.1) is 24.5 Å². The van der Waals surface area contributed by atoms with E-state index in [0.717, 1.165) is 21.8 Å². The van der Waals surface area contributed by atoms with Gasteiger partial charge in [-0.1, -0.05) is 37.3 Å². The maximum Gasteiger partial charge on any atom is 0.308 e. The Kier molecular flexibility index (Phi) is 6.27. The van der Waals surface area contributed by atoms with Crippen molar-refractivity contribution in [2.75, 3.05) is 0 Å². The van der Waals surface area contributed by atoms with Gasteiger partial charge in [-0.05, 0) is 60.4 Å². The minimum Gasteiger partial charge on any atom is -0.347 e. The fourth-order valence-electron chi connectivity index (χ4n) is 3.29. The molecule has 0 spiro atoms. The van der Waals surface area contributed by atoms with Crippen molar-refractivity contribution in [1.82, 2.24) is 9.88 Å². The Morgan fingerprint density at radius 1 is 1.03 bits per heavy atom. The number of aryl methyl sites for hydroxylation is 1. The molecular weight excluding hydrogens is 394 g/mol. The third kappa shape index (κ3) is 4.79. The molecule has 1 unspecified atom stereocenters. The number of thiazole rings is 1. The van der Waals surface area contributed by atoms with Crippen molar-refractivity contribution in [3.63, 3.8) is 0 Å². The first-order valence-electron chi connectivity index (χ1n) is 9.27. The van der Waals surface area contributed by atoms with Gasteiger partial charge in [0.15, 0.2) is 0 Å². The monoisotopic (exact) mass is 416 g/mol. The number of amides is 1. The highest BCUT2D eigenvalue weighted by Gasteiger charge is 2.21. The molecule has 0 radical (unpaired) electrons. The van der Waals surface area contributed by atoms with Crippen LogP contribution >= 0.6 is 11.3 Å². The molecule has 1 atom stereocenters. The van der Waals surface area contributed by atoms with Gasteiger partial charge in [0.25, 0.3) is 0 Å². The summed E-state index contributed by atoms with van der Waals surface area (Å²) in [6, 6.07) is 11.5. The lowest BCUT2D eigenvalue weighted by molar-refractivity contribution is -0.122. The lowest BCUT2D eigenvalue weighted by atomic mass is 9.96. The third-order valence-electron chi connectivity index (χ3n) is 4.70. The van der Waals surface area contributed by atoms with E-state index in [1.807, 2.05) is 13.8 Å². The minimum absolute atomic E-state index is 0.0712. The predicted molar refractivity (Wildman–Crippen MR) is 111 cm³/mol. The van der Waals surface area contributed by atoms with Gasteiger partial charge >= 0.3 is 4.87 Å². The Bertz CT molecular complexity index is 1050. The molecule has 0 bridgehead atoms. The fraction of sp³-hybridized carbons (Fsp3) is 0.273. The number of carbonyl (C=O) groups is 1. The van der Waals surface area contributed by atoms with Gasteiger partial charge in [-0.3, -0.25) is 14.2 Å². The summed E-state index contributed by atoms with van der Waals surface area (Å²) >= 11 is 1.05. The molecule has 0 fully saturated rings. The largest absolute Gasteiger partial charge is 0.347 e. The number of aromatic nitrogens is 1. The lowest BCUT2D eigenvalue weighted by Gasteiger charge is -2.23. The van der Waals surface area contributed by atoms with Gasteiger partial charge in [0.1, 0.15) is 18.2 Å². The third-order valence-corrected chi connectivity index (χ3v) is 5.59. The van der Waals surface area contributed by atoms with Crippen LogP contribution in [0.4, 0.5) is 8.78 Å². The summed E-state index contributed by atoms with van der Waals surface area (Å²) in [6.45, 7) is 5.56. The zero-order chi connectivity index (χ0) is 21.1. The van der Waals surface area contributed by atoms with E-state index in [-0.39, 0.29) is 40.9 Å². The first-order chi connectivity index (χ1) is 13.8. The summed E-state index contributed by atoms with van der Waals surface area (Å²) in [7, 11) is 0. The summed E-state index contributed by atoms with van der Waals surface area (Å²) in [5, 5.41) is 2.95. The number of hydrogen-bond donors (Lipinski definition) is 1. The molecule has 1 N–H and O–H groups in total. The zero-order valence-corrected chi connectivity index (χ0v) is 17.2. The molecule has 4 nitrogen and oxygen atoms in total. The van der Waals surface area contributed by atoms with Gasteiger partial charge < -0.3 is 5.32 Å². The van der Waals surface area contributed by atoms with Crippen LogP contribution in [-0.2, 0) is 11.3 Å². The van der Waals surface area contributed by atoms with Gasteiger partial charge in [-0.2, -0.15) is 0 Å². The number of hydrogen-bond acceptors (Lipinski definition) is 3. The number of carbonyl (C=O) groups excluding carboxylic acids is 1. The Balaban J connectivity index is 1.86. The SMILES string of the molecule is Cc1sc(=O)n(CC(=O)NC(c2ccc(F)cc2)C(C)C)c1-c1ccc(F)cc1. The van der Waals surface area contributed by atoms with Crippen LogP contribution in [0.25, 0.3) is 11.3 Å². The van der Waals surface area contributed by atoms with E-state index in [0.29, 0.717) is 11.3 Å². The molecule has 3 aromatic rings. The maximum atomic E-state index is 13.3.